The first-order chi connectivity index (χ1) is 11.0. The van der Waals surface area contributed by atoms with Crippen LogP contribution in [0.5, 0.6) is 0 Å². The first kappa shape index (κ1) is 17.4. The molecule has 0 aliphatic rings. The number of benzene rings is 1. The van der Waals surface area contributed by atoms with Gasteiger partial charge < -0.3 is 9.42 Å². The van der Waals surface area contributed by atoms with Gasteiger partial charge in [-0.1, -0.05) is 16.8 Å². The van der Waals surface area contributed by atoms with E-state index >= 15 is 0 Å². The van der Waals surface area contributed by atoms with Gasteiger partial charge >= 0.3 is 0 Å². The van der Waals surface area contributed by atoms with Gasteiger partial charge in [-0.3, -0.25) is 9.69 Å². The minimum Gasteiger partial charge on any atom is -0.342 e. The van der Waals surface area contributed by atoms with Gasteiger partial charge in [-0.25, -0.2) is 0 Å². The van der Waals surface area contributed by atoms with Crippen LogP contribution in [0.2, 0.25) is 5.02 Å². The molecule has 0 radical (unpaired) electrons. The molecule has 2 aromatic rings. The van der Waals surface area contributed by atoms with Gasteiger partial charge in [0.15, 0.2) is 0 Å². The number of rotatable bonds is 7. The lowest BCUT2D eigenvalue weighted by atomic mass is 10.2. The smallest absolute Gasteiger partial charge is 0.241 e. The zero-order chi connectivity index (χ0) is 16.8. The second-order valence-corrected chi connectivity index (χ2v) is 5.69. The van der Waals surface area contributed by atoms with Crippen molar-refractivity contribution < 1.29 is 9.32 Å². The Kier molecular flexibility index (Phi) is 6.12. The third kappa shape index (κ3) is 4.77. The summed E-state index contributed by atoms with van der Waals surface area (Å²) >= 11 is 5.86. The number of carbonyl (C=O) groups is 1. The van der Waals surface area contributed by atoms with Crippen LogP contribution in [0.15, 0.2) is 28.8 Å². The van der Waals surface area contributed by atoms with Gasteiger partial charge in [0.05, 0.1) is 13.1 Å². The van der Waals surface area contributed by atoms with Crippen molar-refractivity contribution in [1.29, 1.82) is 0 Å². The largest absolute Gasteiger partial charge is 0.342 e. The molecule has 1 amide bonds. The van der Waals surface area contributed by atoms with E-state index in [4.69, 9.17) is 16.1 Å². The lowest BCUT2D eigenvalue weighted by Gasteiger charge is -2.22. The van der Waals surface area contributed by atoms with E-state index in [0.717, 1.165) is 5.56 Å². The fourth-order valence-corrected chi connectivity index (χ4v) is 2.36. The van der Waals surface area contributed by atoms with Crippen molar-refractivity contribution >= 4 is 17.5 Å². The standard InChI is InChI=1S/C16H21ClN4O2/c1-4-21(5-2)15(22)11-20(3)10-14-18-16(19-23-14)12-6-8-13(17)9-7-12/h6-9H,4-5,10-11H2,1-3H3. The monoisotopic (exact) mass is 336 g/mol. The van der Waals surface area contributed by atoms with Gasteiger partial charge in [-0.05, 0) is 45.2 Å². The maximum absolute atomic E-state index is 12.1. The van der Waals surface area contributed by atoms with Crippen LogP contribution in [0.1, 0.15) is 19.7 Å². The van der Waals surface area contributed by atoms with Gasteiger partial charge in [0.1, 0.15) is 0 Å². The van der Waals surface area contributed by atoms with Crippen molar-refractivity contribution in [2.45, 2.75) is 20.4 Å². The number of amides is 1. The molecule has 0 spiro atoms. The first-order valence-electron chi connectivity index (χ1n) is 7.58. The lowest BCUT2D eigenvalue weighted by Crippen LogP contribution is -2.38. The third-order valence-corrected chi connectivity index (χ3v) is 3.75. The average molecular weight is 337 g/mol. The third-order valence-electron chi connectivity index (χ3n) is 3.50. The molecular weight excluding hydrogens is 316 g/mol. The van der Waals surface area contributed by atoms with Gasteiger partial charge in [-0.2, -0.15) is 4.98 Å². The summed E-state index contributed by atoms with van der Waals surface area (Å²) in [6.07, 6.45) is 0. The predicted octanol–water partition coefficient (Wildman–Crippen LogP) is 2.69. The Morgan fingerprint density at radius 2 is 1.87 bits per heavy atom. The molecule has 0 atom stereocenters. The average Bonchev–Trinajstić information content (AvgIpc) is 2.97. The SMILES string of the molecule is CCN(CC)C(=O)CN(C)Cc1nc(-c2ccc(Cl)cc2)no1. The van der Waals surface area contributed by atoms with Crippen molar-refractivity contribution in [3.05, 3.63) is 35.2 Å². The Morgan fingerprint density at radius 3 is 2.48 bits per heavy atom. The van der Waals surface area contributed by atoms with Crippen LogP contribution in [0.25, 0.3) is 11.4 Å². The highest BCUT2D eigenvalue weighted by molar-refractivity contribution is 6.30. The topological polar surface area (TPSA) is 62.5 Å². The highest BCUT2D eigenvalue weighted by Crippen LogP contribution is 2.18. The van der Waals surface area contributed by atoms with Gasteiger partial charge in [0.25, 0.3) is 0 Å². The van der Waals surface area contributed by atoms with Crippen LogP contribution in [-0.4, -0.2) is 52.5 Å². The molecule has 1 aromatic heterocycles. The highest BCUT2D eigenvalue weighted by Gasteiger charge is 2.15. The second kappa shape index (κ2) is 8.08. The van der Waals surface area contributed by atoms with E-state index in [9.17, 15) is 4.79 Å². The minimum atomic E-state index is 0.0925. The van der Waals surface area contributed by atoms with Crippen LogP contribution in [0.3, 0.4) is 0 Å². The van der Waals surface area contributed by atoms with Crippen LogP contribution in [0.4, 0.5) is 0 Å². The quantitative estimate of drug-likeness (QED) is 0.778. The molecule has 23 heavy (non-hydrogen) atoms. The summed E-state index contributed by atoms with van der Waals surface area (Å²) in [5, 5.41) is 4.62. The molecular formula is C16H21ClN4O2. The number of likely N-dealkylation sites (N-methyl/N-ethyl adjacent to an activating group) is 2. The number of carbonyl (C=O) groups excluding carboxylic acids is 1. The first-order valence-corrected chi connectivity index (χ1v) is 7.96. The fraction of sp³-hybridized carbons (Fsp3) is 0.438. The minimum absolute atomic E-state index is 0.0925. The molecule has 0 aliphatic carbocycles. The summed E-state index contributed by atoms with van der Waals surface area (Å²) in [6.45, 7) is 6.11. The van der Waals surface area contributed by atoms with Crippen LogP contribution in [0, 0.1) is 0 Å². The summed E-state index contributed by atoms with van der Waals surface area (Å²) in [5.74, 6) is 1.08. The van der Waals surface area contributed by atoms with E-state index in [1.807, 2.05) is 37.9 Å². The van der Waals surface area contributed by atoms with Crippen molar-refractivity contribution in [2.24, 2.45) is 0 Å². The number of halogens is 1. The molecule has 2 rings (SSSR count). The van der Waals surface area contributed by atoms with E-state index < -0.39 is 0 Å². The molecule has 0 N–H and O–H groups in total. The molecule has 6 nitrogen and oxygen atoms in total. The van der Waals surface area contributed by atoms with E-state index in [2.05, 4.69) is 10.1 Å². The number of hydrogen-bond donors (Lipinski definition) is 0. The van der Waals surface area contributed by atoms with E-state index in [1.54, 1.807) is 17.0 Å². The molecule has 7 heteroatoms. The summed E-state index contributed by atoms with van der Waals surface area (Å²) in [5.41, 5.74) is 0.839. The number of hydrogen-bond acceptors (Lipinski definition) is 5. The summed E-state index contributed by atoms with van der Waals surface area (Å²) in [6, 6.07) is 7.23. The predicted molar refractivity (Wildman–Crippen MR) is 89.0 cm³/mol. The molecule has 1 aromatic carbocycles. The Balaban J connectivity index is 1.96. The van der Waals surface area contributed by atoms with Crippen molar-refractivity contribution in [2.75, 3.05) is 26.7 Å². The molecule has 0 fully saturated rings. The summed E-state index contributed by atoms with van der Waals surface area (Å²) < 4.78 is 5.25. The van der Waals surface area contributed by atoms with Crippen LogP contribution in [-0.2, 0) is 11.3 Å². The van der Waals surface area contributed by atoms with Crippen LogP contribution >= 0.6 is 11.6 Å². The summed E-state index contributed by atoms with van der Waals surface area (Å²) in [4.78, 5) is 20.1. The molecule has 0 unspecified atom stereocenters. The Hall–Kier alpha value is -1.92. The van der Waals surface area contributed by atoms with Crippen LogP contribution < -0.4 is 0 Å². The van der Waals surface area contributed by atoms with E-state index in [0.29, 0.717) is 42.9 Å². The zero-order valence-corrected chi connectivity index (χ0v) is 14.4. The maximum atomic E-state index is 12.1. The lowest BCUT2D eigenvalue weighted by molar-refractivity contribution is -0.131. The zero-order valence-electron chi connectivity index (χ0n) is 13.6. The van der Waals surface area contributed by atoms with Crippen molar-refractivity contribution in [3.8, 4) is 11.4 Å². The Morgan fingerprint density at radius 1 is 1.22 bits per heavy atom. The number of nitrogens with zero attached hydrogens (tertiary/aromatic N) is 4. The van der Waals surface area contributed by atoms with Gasteiger partial charge in [-0.15, -0.1) is 0 Å². The van der Waals surface area contributed by atoms with Crippen molar-refractivity contribution in [1.82, 2.24) is 19.9 Å². The fourth-order valence-electron chi connectivity index (χ4n) is 2.23. The van der Waals surface area contributed by atoms with E-state index in [-0.39, 0.29) is 5.91 Å². The van der Waals surface area contributed by atoms with Gasteiger partial charge in [0, 0.05) is 23.7 Å². The molecule has 0 saturated carbocycles. The molecule has 124 valence electrons. The second-order valence-electron chi connectivity index (χ2n) is 5.26. The molecule has 1 heterocycles. The highest BCUT2D eigenvalue weighted by atomic mass is 35.5. The molecule has 0 bridgehead atoms. The Labute approximate surface area is 141 Å². The number of aromatic nitrogens is 2. The van der Waals surface area contributed by atoms with Gasteiger partial charge in [0.2, 0.25) is 17.6 Å². The molecule has 0 aliphatic heterocycles. The molecule has 0 saturated heterocycles. The van der Waals surface area contributed by atoms with E-state index in [1.165, 1.54) is 0 Å². The normalized spacial score (nSPS) is 11.0. The Bertz CT molecular complexity index is 638. The van der Waals surface area contributed by atoms with Crippen molar-refractivity contribution in [3.63, 3.8) is 0 Å². The maximum Gasteiger partial charge on any atom is 0.241 e. The summed E-state index contributed by atoms with van der Waals surface area (Å²) in [7, 11) is 1.85.